The minimum Gasteiger partial charge on any atom is -0.478 e. The van der Waals surface area contributed by atoms with E-state index in [4.69, 9.17) is 4.98 Å². The van der Waals surface area contributed by atoms with Crippen LogP contribution in [0.5, 0.6) is 0 Å². The van der Waals surface area contributed by atoms with Gasteiger partial charge in [0.1, 0.15) is 5.82 Å². The maximum absolute atomic E-state index is 14.2. The highest BCUT2D eigenvalue weighted by Gasteiger charge is 2.27. The van der Waals surface area contributed by atoms with E-state index in [0.29, 0.717) is 28.8 Å². The fourth-order valence-electron chi connectivity index (χ4n) is 3.96. The van der Waals surface area contributed by atoms with E-state index in [9.17, 15) is 18.7 Å². The van der Waals surface area contributed by atoms with Crippen molar-refractivity contribution in [3.63, 3.8) is 0 Å². The van der Waals surface area contributed by atoms with Gasteiger partial charge in [0.15, 0.2) is 0 Å². The monoisotopic (exact) mass is 434 g/mol. The molecule has 0 aliphatic rings. The first-order valence-electron chi connectivity index (χ1n) is 10.5. The van der Waals surface area contributed by atoms with Crippen LogP contribution in [0.15, 0.2) is 66.7 Å². The number of alkyl halides is 2. The smallest absolute Gasteiger partial charge is 0.335 e. The fourth-order valence-corrected chi connectivity index (χ4v) is 3.96. The summed E-state index contributed by atoms with van der Waals surface area (Å²) in [6.07, 6.45) is 1.45. The molecule has 0 aliphatic heterocycles. The predicted octanol–water partition coefficient (Wildman–Crippen LogP) is 6.05. The lowest BCUT2D eigenvalue weighted by Crippen LogP contribution is -2.14. The molecule has 3 aromatic carbocycles. The van der Waals surface area contributed by atoms with Gasteiger partial charge < -0.3 is 9.67 Å². The molecule has 0 aliphatic carbocycles. The topological polar surface area (TPSA) is 55.1 Å². The maximum atomic E-state index is 14.2. The van der Waals surface area contributed by atoms with Crippen LogP contribution in [0.1, 0.15) is 52.3 Å². The van der Waals surface area contributed by atoms with Crippen molar-refractivity contribution in [3.8, 4) is 0 Å². The molecular formula is C26H24F2N2O2. The zero-order valence-corrected chi connectivity index (χ0v) is 18.0. The van der Waals surface area contributed by atoms with Gasteiger partial charge in [-0.1, -0.05) is 55.5 Å². The van der Waals surface area contributed by atoms with Gasteiger partial charge in [0, 0.05) is 25.5 Å². The molecule has 0 amide bonds. The third-order valence-electron chi connectivity index (χ3n) is 5.69. The Kier molecular flexibility index (Phi) is 5.78. The lowest BCUT2D eigenvalue weighted by Gasteiger charge is -2.17. The first-order chi connectivity index (χ1) is 15.3. The number of rotatable bonds is 7. The Morgan fingerprint density at radius 3 is 2.38 bits per heavy atom. The molecular weight excluding hydrogens is 410 g/mol. The molecule has 32 heavy (non-hydrogen) atoms. The zero-order valence-electron chi connectivity index (χ0n) is 18.0. The van der Waals surface area contributed by atoms with Gasteiger partial charge in [-0.05, 0) is 41.3 Å². The molecule has 0 saturated heterocycles. The van der Waals surface area contributed by atoms with Crippen molar-refractivity contribution >= 4 is 17.0 Å². The molecule has 0 saturated carbocycles. The molecule has 0 bridgehead atoms. The van der Waals surface area contributed by atoms with Gasteiger partial charge in [0.2, 0.25) is 0 Å². The van der Waals surface area contributed by atoms with Crippen molar-refractivity contribution in [1.29, 1.82) is 0 Å². The summed E-state index contributed by atoms with van der Waals surface area (Å²) in [6, 6.07) is 19.5. The van der Waals surface area contributed by atoms with Crippen LogP contribution in [0.2, 0.25) is 0 Å². The molecule has 4 rings (SSSR count). The van der Waals surface area contributed by atoms with E-state index in [1.54, 1.807) is 24.3 Å². The SMILES string of the molecule is CCc1ccc(Cc2nc3cc(C(=O)O)ccc3n2Cc2ccccc2C(C)(F)F)cc1. The number of nitrogens with zero attached hydrogens (tertiary/aromatic N) is 2. The zero-order chi connectivity index (χ0) is 22.9. The number of halogens is 2. The van der Waals surface area contributed by atoms with Gasteiger partial charge in [-0.25, -0.2) is 18.6 Å². The second-order valence-corrected chi connectivity index (χ2v) is 8.02. The normalized spacial score (nSPS) is 11.8. The van der Waals surface area contributed by atoms with E-state index in [0.717, 1.165) is 18.9 Å². The summed E-state index contributed by atoms with van der Waals surface area (Å²) < 4.78 is 30.4. The molecule has 0 radical (unpaired) electrons. The number of imidazole rings is 1. The highest BCUT2D eigenvalue weighted by atomic mass is 19.3. The van der Waals surface area contributed by atoms with Crippen LogP contribution in [0.4, 0.5) is 8.78 Å². The number of aryl methyl sites for hydroxylation is 1. The van der Waals surface area contributed by atoms with E-state index >= 15 is 0 Å². The van der Waals surface area contributed by atoms with Gasteiger partial charge in [0.25, 0.3) is 5.92 Å². The van der Waals surface area contributed by atoms with Crippen molar-refractivity contribution in [3.05, 3.63) is 100 Å². The number of aromatic nitrogens is 2. The number of hydrogen-bond acceptors (Lipinski definition) is 2. The molecule has 0 atom stereocenters. The number of fused-ring (bicyclic) bond motifs is 1. The quantitative estimate of drug-likeness (QED) is 0.385. The van der Waals surface area contributed by atoms with Crippen LogP contribution in [0.25, 0.3) is 11.0 Å². The standard InChI is InChI=1S/C26H24F2N2O2/c1-3-17-8-10-18(11-9-17)14-24-29-22-15-19(25(31)32)12-13-23(22)30(24)16-20-6-4-5-7-21(20)26(2,27)28/h4-13,15H,3,14,16H2,1-2H3,(H,31,32). The van der Waals surface area contributed by atoms with Crippen LogP contribution < -0.4 is 0 Å². The maximum Gasteiger partial charge on any atom is 0.335 e. The molecule has 0 spiro atoms. The summed E-state index contributed by atoms with van der Waals surface area (Å²) in [5, 5.41) is 9.35. The lowest BCUT2D eigenvalue weighted by molar-refractivity contribution is 0.0164. The summed E-state index contributed by atoms with van der Waals surface area (Å²) in [7, 11) is 0. The molecule has 1 heterocycles. The Hall–Kier alpha value is -3.54. The average molecular weight is 434 g/mol. The number of hydrogen-bond donors (Lipinski definition) is 1. The predicted molar refractivity (Wildman–Crippen MR) is 120 cm³/mol. The van der Waals surface area contributed by atoms with Crippen LogP contribution in [0.3, 0.4) is 0 Å². The summed E-state index contributed by atoms with van der Waals surface area (Å²) in [6.45, 7) is 3.20. The number of carbonyl (C=O) groups is 1. The highest BCUT2D eigenvalue weighted by molar-refractivity contribution is 5.92. The van der Waals surface area contributed by atoms with Gasteiger partial charge in [0.05, 0.1) is 16.6 Å². The summed E-state index contributed by atoms with van der Waals surface area (Å²) in [5.41, 5.74) is 4.14. The van der Waals surface area contributed by atoms with Crippen molar-refractivity contribution in [2.24, 2.45) is 0 Å². The minimum atomic E-state index is -2.97. The highest BCUT2D eigenvalue weighted by Crippen LogP contribution is 2.31. The molecule has 1 N–H and O–H groups in total. The van der Waals surface area contributed by atoms with Crippen molar-refractivity contribution < 1.29 is 18.7 Å². The minimum absolute atomic E-state index is 0.0257. The first kappa shape index (κ1) is 21.7. The Bertz CT molecular complexity index is 1270. The van der Waals surface area contributed by atoms with Crippen LogP contribution >= 0.6 is 0 Å². The second kappa shape index (κ2) is 8.54. The molecule has 4 nitrogen and oxygen atoms in total. The Balaban J connectivity index is 1.82. The summed E-state index contributed by atoms with van der Waals surface area (Å²) >= 11 is 0. The summed E-state index contributed by atoms with van der Waals surface area (Å²) in [5.74, 6) is -3.31. The number of benzene rings is 3. The molecule has 0 fully saturated rings. The van der Waals surface area contributed by atoms with E-state index in [2.05, 4.69) is 19.1 Å². The van der Waals surface area contributed by atoms with E-state index in [1.165, 1.54) is 23.8 Å². The van der Waals surface area contributed by atoms with Crippen molar-refractivity contribution in [2.75, 3.05) is 0 Å². The van der Waals surface area contributed by atoms with Crippen LogP contribution in [0, 0.1) is 0 Å². The summed E-state index contributed by atoms with van der Waals surface area (Å²) in [4.78, 5) is 16.1. The number of aromatic carboxylic acids is 1. The lowest BCUT2D eigenvalue weighted by atomic mass is 10.0. The molecule has 4 aromatic rings. The third-order valence-corrected chi connectivity index (χ3v) is 5.69. The molecule has 164 valence electrons. The van der Waals surface area contributed by atoms with Gasteiger partial charge in [-0.3, -0.25) is 0 Å². The Morgan fingerprint density at radius 2 is 1.72 bits per heavy atom. The van der Waals surface area contributed by atoms with Crippen LogP contribution in [-0.4, -0.2) is 20.6 Å². The van der Waals surface area contributed by atoms with Crippen LogP contribution in [-0.2, 0) is 25.3 Å². The van der Waals surface area contributed by atoms with Crippen molar-refractivity contribution in [2.45, 2.75) is 39.2 Å². The molecule has 1 aromatic heterocycles. The molecule has 6 heteroatoms. The number of carboxylic acid groups (broad SMARTS) is 1. The van der Waals surface area contributed by atoms with Gasteiger partial charge in [-0.15, -0.1) is 0 Å². The Morgan fingerprint density at radius 1 is 1.03 bits per heavy atom. The largest absolute Gasteiger partial charge is 0.478 e. The van der Waals surface area contributed by atoms with E-state index < -0.39 is 11.9 Å². The van der Waals surface area contributed by atoms with Crippen molar-refractivity contribution in [1.82, 2.24) is 9.55 Å². The second-order valence-electron chi connectivity index (χ2n) is 8.02. The Labute approximate surface area is 185 Å². The van der Waals surface area contributed by atoms with E-state index in [-0.39, 0.29) is 17.7 Å². The van der Waals surface area contributed by atoms with Gasteiger partial charge in [-0.2, -0.15) is 0 Å². The average Bonchev–Trinajstić information content (AvgIpc) is 3.10. The first-order valence-corrected chi connectivity index (χ1v) is 10.5. The fraction of sp³-hybridized carbons (Fsp3) is 0.231. The van der Waals surface area contributed by atoms with Gasteiger partial charge >= 0.3 is 5.97 Å². The van der Waals surface area contributed by atoms with E-state index in [1.807, 2.05) is 16.7 Å². The molecule has 0 unspecified atom stereocenters. The third kappa shape index (κ3) is 4.40. The number of carboxylic acids is 1.